The van der Waals surface area contributed by atoms with Crippen molar-refractivity contribution in [2.24, 2.45) is 0 Å². The molecule has 0 atom stereocenters. The molecule has 2 N–H and O–H groups in total. The van der Waals surface area contributed by atoms with E-state index in [9.17, 15) is 13.2 Å². The first kappa shape index (κ1) is 19.3. The SMILES string of the molecule is Cc1cc(C)nc(NC(=O)NS(=O)(=O)c2ccccc2Oc2ccccc2)n1. The number of urea groups is 1. The zero-order chi connectivity index (χ0) is 20.1. The largest absolute Gasteiger partial charge is 0.456 e. The molecule has 0 aliphatic rings. The molecule has 2 aromatic carbocycles. The number of benzene rings is 2. The predicted molar refractivity (Wildman–Crippen MR) is 104 cm³/mol. The zero-order valence-electron chi connectivity index (χ0n) is 15.2. The van der Waals surface area contributed by atoms with Gasteiger partial charge in [-0.1, -0.05) is 30.3 Å². The standard InChI is InChI=1S/C19H18N4O4S/c1-13-12-14(2)21-18(20-13)22-19(24)23-28(25,26)17-11-7-6-10-16(17)27-15-8-4-3-5-9-15/h3-12H,1-2H3,(H2,20,21,22,23,24). The Hall–Kier alpha value is -3.46. The molecule has 0 aliphatic carbocycles. The normalized spacial score (nSPS) is 10.9. The van der Waals surface area contributed by atoms with E-state index in [4.69, 9.17) is 4.74 Å². The number of rotatable bonds is 5. The van der Waals surface area contributed by atoms with E-state index >= 15 is 0 Å². The van der Waals surface area contributed by atoms with Gasteiger partial charge in [0.05, 0.1) is 0 Å². The lowest BCUT2D eigenvalue weighted by atomic mass is 10.3. The van der Waals surface area contributed by atoms with Crippen molar-refractivity contribution in [2.45, 2.75) is 18.7 Å². The molecule has 0 saturated carbocycles. The molecule has 0 unspecified atom stereocenters. The van der Waals surface area contributed by atoms with Crippen LogP contribution < -0.4 is 14.8 Å². The summed E-state index contributed by atoms with van der Waals surface area (Å²) < 4.78 is 33.0. The van der Waals surface area contributed by atoms with Crippen molar-refractivity contribution < 1.29 is 17.9 Å². The summed E-state index contributed by atoms with van der Waals surface area (Å²) in [6.07, 6.45) is 0. The molecular formula is C19H18N4O4S. The second-order valence-electron chi connectivity index (χ2n) is 5.90. The number of carbonyl (C=O) groups is 1. The van der Waals surface area contributed by atoms with Crippen LogP contribution in [0.25, 0.3) is 0 Å². The van der Waals surface area contributed by atoms with E-state index < -0.39 is 16.1 Å². The third-order valence-corrected chi connectivity index (χ3v) is 4.91. The Balaban J connectivity index is 1.80. The number of sulfonamides is 1. The van der Waals surface area contributed by atoms with E-state index in [0.29, 0.717) is 17.1 Å². The molecule has 3 aromatic rings. The number of hydrogen-bond donors (Lipinski definition) is 2. The van der Waals surface area contributed by atoms with Crippen LogP contribution in [0.15, 0.2) is 65.6 Å². The number of para-hydroxylation sites is 2. The maximum atomic E-state index is 12.7. The minimum Gasteiger partial charge on any atom is -0.456 e. The van der Waals surface area contributed by atoms with Gasteiger partial charge in [-0.3, -0.25) is 5.32 Å². The minimum absolute atomic E-state index is 0.0130. The number of nitrogens with zero attached hydrogens (tertiary/aromatic N) is 2. The summed E-state index contributed by atoms with van der Waals surface area (Å²) in [5.74, 6) is 0.578. The number of carbonyl (C=O) groups excluding carboxylic acids is 1. The number of anilines is 1. The lowest BCUT2D eigenvalue weighted by Crippen LogP contribution is -2.35. The van der Waals surface area contributed by atoms with Crippen LogP contribution >= 0.6 is 0 Å². The monoisotopic (exact) mass is 398 g/mol. The summed E-state index contributed by atoms with van der Waals surface area (Å²) in [7, 11) is -4.19. The van der Waals surface area contributed by atoms with Gasteiger partial charge in [-0.15, -0.1) is 0 Å². The van der Waals surface area contributed by atoms with Crippen molar-refractivity contribution in [3.05, 3.63) is 72.1 Å². The van der Waals surface area contributed by atoms with Gasteiger partial charge in [0, 0.05) is 11.4 Å². The summed E-state index contributed by atoms with van der Waals surface area (Å²) in [5.41, 5.74) is 1.29. The first-order valence-corrected chi connectivity index (χ1v) is 9.80. The second-order valence-corrected chi connectivity index (χ2v) is 7.55. The van der Waals surface area contributed by atoms with Crippen LogP contribution in [-0.2, 0) is 10.0 Å². The average Bonchev–Trinajstić information content (AvgIpc) is 2.61. The van der Waals surface area contributed by atoms with Gasteiger partial charge in [-0.25, -0.2) is 27.9 Å². The van der Waals surface area contributed by atoms with Crippen LogP contribution in [0.3, 0.4) is 0 Å². The molecule has 9 heteroatoms. The van der Waals surface area contributed by atoms with Crippen molar-refractivity contribution in [3.63, 3.8) is 0 Å². The number of aromatic nitrogens is 2. The highest BCUT2D eigenvalue weighted by Crippen LogP contribution is 2.28. The summed E-state index contributed by atoms with van der Waals surface area (Å²) in [4.78, 5) is 20.1. The van der Waals surface area contributed by atoms with Crippen LogP contribution in [0.2, 0.25) is 0 Å². The van der Waals surface area contributed by atoms with Crippen LogP contribution in [0, 0.1) is 13.8 Å². The Morgan fingerprint density at radius 2 is 1.54 bits per heavy atom. The summed E-state index contributed by atoms with van der Waals surface area (Å²) in [6, 6.07) is 15.5. The Morgan fingerprint density at radius 3 is 2.21 bits per heavy atom. The first-order valence-electron chi connectivity index (χ1n) is 8.31. The fourth-order valence-electron chi connectivity index (χ4n) is 2.46. The van der Waals surface area contributed by atoms with Gasteiger partial charge in [0.25, 0.3) is 10.0 Å². The van der Waals surface area contributed by atoms with Gasteiger partial charge < -0.3 is 4.74 Å². The quantitative estimate of drug-likeness (QED) is 0.682. The van der Waals surface area contributed by atoms with E-state index in [1.54, 1.807) is 50.2 Å². The van der Waals surface area contributed by atoms with Crippen molar-refractivity contribution in [2.75, 3.05) is 5.32 Å². The molecule has 2 amide bonds. The molecular weight excluding hydrogens is 380 g/mol. The molecule has 0 aliphatic heterocycles. The van der Waals surface area contributed by atoms with Gasteiger partial charge in [0.1, 0.15) is 16.4 Å². The van der Waals surface area contributed by atoms with Crippen molar-refractivity contribution in [1.29, 1.82) is 0 Å². The predicted octanol–water partition coefficient (Wildman–Crippen LogP) is 3.40. The van der Waals surface area contributed by atoms with E-state index in [1.165, 1.54) is 18.2 Å². The van der Waals surface area contributed by atoms with Gasteiger partial charge in [-0.05, 0) is 44.2 Å². The number of hydrogen-bond acceptors (Lipinski definition) is 6. The maximum Gasteiger partial charge on any atom is 0.335 e. The molecule has 0 fully saturated rings. The molecule has 3 rings (SSSR count). The molecule has 0 spiro atoms. The summed E-state index contributed by atoms with van der Waals surface area (Å²) in [6.45, 7) is 3.48. The third-order valence-electron chi connectivity index (χ3n) is 3.54. The van der Waals surface area contributed by atoms with Crippen LogP contribution in [0.5, 0.6) is 11.5 Å². The summed E-state index contributed by atoms with van der Waals surface area (Å²) >= 11 is 0. The van der Waals surface area contributed by atoms with E-state index in [-0.39, 0.29) is 16.6 Å². The molecule has 144 valence electrons. The zero-order valence-corrected chi connectivity index (χ0v) is 16.0. The van der Waals surface area contributed by atoms with Gasteiger partial charge in [-0.2, -0.15) is 0 Å². The molecule has 28 heavy (non-hydrogen) atoms. The highest BCUT2D eigenvalue weighted by molar-refractivity contribution is 7.90. The Morgan fingerprint density at radius 1 is 0.929 bits per heavy atom. The fourth-order valence-corrected chi connectivity index (χ4v) is 3.50. The summed E-state index contributed by atoms with van der Waals surface area (Å²) in [5, 5.41) is 2.33. The molecule has 1 aromatic heterocycles. The fraction of sp³-hybridized carbons (Fsp3) is 0.105. The smallest absolute Gasteiger partial charge is 0.335 e. The number of amides is 2. The Labute approximate surface area is 162 Å². The minimum atomic E-state index is -4.19. The second kappa shape index (κ2) is 8.05. The molecule has 0 saturated heterocycles. The molecule has 0 radical (unpaired) electrons. The molecule has 8 nitrogen and oxygen atoms in total. The van der Waals surface area contributed by atoms with E-state index in [0.717, 1.165) is 0 Å². The molecule has 1 heterocycles. The molecule has 0 bridgehead atoms. The van der Waals surface area contributed by atoms with Crippen molar-refractivity contribution in [3.8, 4) is 11.5 Å². The highest BCUT2D eigenvalue weighted by Gasteiger charge is 2.23. The van der Waals surface area contributed by atoms with E-state index in [1.807, 2.05) is 10.8 Å². The lowest BCUT2D eigenvalue weighted by molar-refractivity contribution is 0.256. The van der Waals surface area contributed by atoms with Gasteiger partial charge in [0.2, 0.25) is 5.95 Å². The number of nitrogens with one attached hydrogen (secondary N) is 2. The Kier molecular flexibility index (Phi) is 5.55. The topological polar surface area (TPSA) is 110 Å². The number of ether oxygens (including phenoxy) is 1. The number of aryl methyl sites for hydroxylation is 2. The Bertz CT molecular complexity index is 1080. The first-order chi connectivity index (χ1) is 13.3. The van der Waals surface area contributed by atoms with Crippen LogP contribution in [0.1, 0.15) is 11.4 Å². The van der Waals surface area contributed by atoms with Gasteiger partial charge in [0.15, 0.2) is 0 Å². The van der Waals surface area contributed by atoms with Crippen LogP contribution in [0.4, 0.5) is 10.7 Å². The highest BCUT2D eigenvalue weighted by atomic mass is 32.2. The van der Waals surface area contributed by atoms with E-state index in [2.05, 4.69) is 15.3 Å². The van der Waals surface area contributed by atoms with Gasteiger partial charge >= 0.3 is 6.03 Å². The lowest BCUT2D eigenvalue weighted by Gasteiger charge is -2.12. The van der Waals surface area contributed by atoms with Crippen molar-refractivity contribution >= 4 is 22.0 Å². The van der Waals surface area contributed by atoms with Crippen LogP contribution in [-0.4, -0.2) is 24.4 Å². The van der Waals surface area contributed by atoms with Crippen molar-refractivity contribution in [1.82, 2.24) is 14.7 Å². The average molecular weight is 398 g/mol. The maximum absolute atomic E-state index is 12.7. The third kappa shape index (κ3) is 4.83.